The molecule has 0 aliphatic carbocycles. The van der Waals surface area contributed by atoms with E-state index in [0.29, 0.717) is 12.1 Å². The highest BCUT2D eigenvalue weighted by Gasteiger charge is 2.18. The molecule has 0 saturated carbocycles. The summed E-state index contributed by atoms with van der Waals surface area (Å²) in [6, 6.07) is 6.03. The number of hydrogen-bond acceptors (Lipinski definition) is 4. The van der Waals surface area contributed by atoms with Crippen molar-refractivity contribution in [3.63, 3.8) is 0 Å². The zero-order valence-electron chi connectivity index (χ0n) is 12.3. The van der Waals surface area contributed by atoms with Gasteiger partial charge >= 0.3 is 0 Å². The van der Waals surface area contributed by atoms with Crippen molar-refractivity contribution < 1.29 is 13.2 Å². The van der Waals surface area contributed by atoms with Crippen LogP contribution in [0.1, 0.15) is 10.4 Å². The van der Waals surface area contributed by atoms with Gasteiger partial charge in [0.15, 0.2) is 0 Å². The van der Waals surface area contributed by atoms with Gasteiger partial charge in [0.05, 0.1) is 4.90 Å². The predicted molar refractivity (Wildman–Crippen MR) is 78.2 cm³/mol. The van der Waals surface area contributed by atoms with Gasteiger partial charge < -0.3 is 10.2 Å². The van der Waals surface area contributed by atoms with E-state index in [1.807, 2.05) is 19.0 Å². The van der Waals surface area contributed by atoms with Gasteiger partial charge in [-0.2, -0.15) is 0 Å². The van der Waals surface area contributed by atoms with Crippen molar-refractivity contribution >= 4 is 15.9 Å². The molecule has 1 rings (SSSR count). The summed E-state index contributed by atoms with van der Waals surface area (Å²) in [6.45, 7) is 1.23. The molecule has 0 atom stereocenters. The van der Waals surface area contributed by atoms with Gasteiger partial charge in [0, 0.05) is 32.7 Å². The molecule has 0 radical (unpaired) electrons. The van der Waals surface area contributed by atoms with E-state index in [1.165, 1.54) is 26.2 Å². The van der Waals surface area contributed by atoms with Crippen LogP contribution < -0.4 is 5.32 Å². The van der Waals surface area contributed by atoms with Gasteiger partial charge in [-0.15, -0.1) is 0 Å². The van der Waals surface area contributed by atoms with Crippen molar-refractivity contribution in [3.8, 4) is 0 Å². The molecule has 1 N–H and O–H groups in total. The first-order valence-electron chi connectivity index (χ1n) is 6.20. The van der Waals surface area contributed by atoms with Gasteiger partial charge in [0.2, 0.25) is 10.0 Å². The van der Waals surface area contributed by atoms with E-state index in [2.05, 4.69) is 5.32 Å². The average molecular weight is 299 g/mol. The Morgan fingerprint density at radius 1 is 1.20 bits per heavy atom. The van der Waals surface area contributed by atoms with Crippen molar-refractivity contribution in [1.82, 2.24) is 14.5 Å². The number of nitrogens with zero attached hydrogens (tertiary/aromatic N) is 2. The molecule has 6 nitrogen and oxygen atoms in total. The van der Waals surface area contributed by atoms with Gasteiger partial charge in [-0.3, -0.25) is 4.79 Å². The zero-order valence-corrected chi connectivity index (χ0v) is 13.1. The Bertz CT molecular complexity index is 568. The fraction of sp³-hybridized carbons (Fsp3) is 0.462. The van der Waals surface area contributed by atoms with Gasteiger partial charge in [0.25, 0.3) is 5.91 Å². The van der Waals surface area contributed by atoms with Crippen molar-refractivity contribution in [2.45, 2.75) is 4.90 Å². The van der Waals surface area contributed by atoms with Crippen LogP contribution in [0.3, 0.4) is 0 Å². The second-order valence-electron chi connectivity index (χ2n) is 4.87. The molecule has 0 bridgehead atoms. The molecule has 0 spiro atoms. The summed E-state index contributed by atoms with van der Waals surface area (Å²) in [5.41, 5.74) is 0.340. The summed E-state index contributed by atoms with van der Waals surface area (Å²) >= 11 is 0. The number of amides is 1. The molecule has 0 fully saturated rings. The first-order chi connectivity index (χ1) is 9.25. The summed E-state index contributed by atoms with van der Waals surface area (Å²) in [5, 5.41) is 2.75. The average Bonchev–Trinajstić information content (AvgIpc) is 2.38. The van der Waals surface area contributed by atoms with Crippen LogP contribution in [0.5, 0.6) is 0 Å². The number of carbonyl (C=O) groups is 1. The number of likely N-dealkylation sites (N-methyl/N-ethyl adjacent to an activating group) is 1. The normalized spacial score (nSPS) is 11.9. The van der Waals surface area contributed by atoms with Crippen LogP contribution in [0, 0.1) is 0 Å². The molecule has 0 saturated heterocycles. The Morgan fingerprint density at radius 2 is 1.85 bits per heavy atom. The number of carbonyl (C=O) groups excluding carboxylic acids is 1. The van der Waals surface area contributed by atoms with Crippen molar-refractivity contribution in [2.24, 2.45) is 0 Å². The van der Waals surface area contributed by atoms with Crippen molar-refractivity contribution in [1.29, 1.82) is 0 Å². The first kappa shape index (κ1) is 16.6. The molecule has 0 aromatic heterocycles. The van der Waals surface area contributed by atoms with Gasteiger partial charge in [-0.25, -0.2) is 12.7 Å². The second-order valence-corrected chi connectivity index (χ2v) is 7.03. The van der Waals surface area contributed by atoms with Gasteiger partial charge in [-0.1, -0.05) is 6.07 Å². The summed E-state index contributed by atoms with van der Waals surface area (Å²) in [6.07, 6.45) is 0. The van der Waals surface area contributed by atoms with E-state index in [9.17, 15) is 13.2 Å². The Balaban J connectivity index is 2.86. The molecule has 0 heterocycles. The molecule has 112 valence electrons. The first-order valence-corrected chi connectivity index (χ1v) is 7.64. The number of rotatable bonds is 6. The molecular formula is C13H21N3O3S. The molecule has 1 aromatic carbocycles. The number of nitrogens with one attached hydrogen (secondary N) is 1. The van der Waals surface area contributed by atoms with E-state index in [4.69, 9.17) is 0 Å². The number of sulfonamides is 1. The maximum absolute atomic E-state index is 12.0. The number of hydrogen-bond donors (Lipinski definition) is 1. The highest BCUT2D eigenvalue weighted by Crippen LogP contribution is 2.14. The lowest BCUT2D eigenvalue weighted by Crippen LogP contribution is -2.31. The SMILES string of the molecule is CN(C)CCNC(=O)c1cccc(S(=O)(=O)N(C)C)c1. The minimum absolute atomic E-state index is 0.114. The fourth-order valence-corrected chi connectivity index (χ4v) is 2.45. The highest BCUT2D eigenvalue weighted by atomic mass is 32.2. The van der Waals surface area contributed by atoms with E-state index >= 15 is 0 Å². The van der Waals surface area contributed by atoms with Crippen LogP contribution >= 0.6 is 0 Å². The summed E-state index contributed by atoms with van der Waals surface area (Å²) in [7, 11) is 3.22. The molecule has 1 amide bonds. The molecule has 0 unspecified atom stereocenters. The monoisotopic (exact) mass is 299 g/mol. The maximum atomic E-state index is 12.0. The maximum Gasteiger partial charge on any atom is 0.251 e. The zero-order chi connectivity index (χ0) is 15.3. The van der Waals surface area contributed by atoms with Crippen LogP contribution in [-0.4, -0.2) is 64.8 Å². The Kier molecular flexibility index (Phi) is 5.67. The summed E-state index contributed by atoms with van der Waals surface area (Å²) in [4.78, 5) is 14.0. The minimum atomic E-state index is -3.52. The van der Waals surface area contributed by atoms with Crippen molar-refractivity contribution in [3.05, 3.63) is 29.8 Å². The third-order valence-corrected chi connectivity index (χ3v) is 4.53. The molecular weight excluding hydrogens is 278 g/mol. The topological polar surface area (TPSA) is 69.7 Å². The third kappa shape index (κ3) is 4.29. The van der Waals surface area contributed by atoms with E-state index in [-0.39, 0.29) is 10.8 Å². The van der Waals surface area contributed by atoms with Crippen LogP contribution in [0.15, 0.2) is 29.2 Å². The Morgan fingerprint density at radius 3 is 2.40 bits per heavy atom. The highest BCUT2D eigenvalue weighted by molar-refractivity contribution is 7.89. The summed E-state index contributed by atoms with van der Waals surface area (Å²) < 4.78 is 25.1. The molecule has 1 aromatic rings. The fourth-order valence-electron chi connectivity index (χ4n) is 1.50. The van der Waals surface area contributed by atoms with Crippen LogP contribution in [0.4, 0.5) is 0 Å². The third-order valence-electron chi connectivity index (χ3n) is 2.72. The molecule has 0 aliphatic rings. The quantitative estimate of drug-likeness (QED) is 0.816. The van der Waals surface area contributed by atoms with E-state index in [0.717, 1.165) is 10.8 Å². The summed E-state index contributed by atoms with van der Waals surface area (Å²) in [5.74, 6) is -0.275. The lowest BCUT2D eigenvalue weighted by atomic mass is 10.2. The predicted octanol–water partition coefficient (Wildman–Crippen LogP) is 0.228. The molecule has 20 heavy (non-hydrogen) atoms. The van der Waals surface area contributed by atoms with Gasteiger partial charge in [0.1, 0.15) is 0 Å². The van der Waals surface area contributed by atoms with Crippen LogP contribution in [0.2, 0.25) is 0 Å². The van der Waals surface area contributed by atoms with Crippen molar-refractivity contribution in [2.75, 3.05) is 41.3 Å². The van der Waals surface area contributed by atoms with E-state index < -0.39 is 10.0 Å². The van der Waals surface area contributed by atoms with Crippen LogP contribution in [-0.2, 0) is 10.0 Å². The smallest absolute Gasteiger partial charge is 0.251 e. The van der Waals surface area contributed by atoms with Gasteiger partial charge in [-0.05, 0) is 32.3 Å². The molecule has 0 aliphatic heterocycles. The lowest BCUT2D eigenvalue weighted by molar-refractivity contribution is 0.0951. The lowest BCUT2D eigenvalue weighted by Gasteiger charge is -2.13. The largest absolute Gasteiger partial charge is 0.351 e. The molecule has 7 heteroatoms. The Hall–Kier alpha value is -1.44. The van der Waals surface area contributed by atoms with Crippen LogP contribution in [0.25, 0.3) is 0 Å². The van der Waals surface area contributed by atoms with E-state index in [1.54, 1.807) is 12.1 Å². The standard InChI is InChI=1S/C13H21N3O3S/c1-15(2)9-8-14-13(17)11-6-5-7-12(10-11)20(18,19)16(3)4/h5-7,10H,8-9H2,1-4H3,(H,14,17). The second kappa shape index (κ2) is 6.83. The Labute approximate surface area is 120 Å². The minimum Gasteiger partial charge on any atom is -0.351 e. The number of benzene rings is 1.